The molecule has 0 aliphatic carbocycles. The van der Waals surface area contributed by atoms with E-state index in [0.29, 0.717) is 23.1 Å². The van der Waals surface area contributed by atoms with E-state index in [1.165, 1.54) is 5.56 Å². The molecule has 0 saturated heterocycles. The van der Waals surface area contributed by atoms with Gasteiger partial charge in [0.05, 0.1) is 19.0 Å². The summed E-state index contributed by atoms with van der Waals surface area (Å²) in [5.74, 6) is 1.35. The van der Waals surface area contributed by atoms with Crippen molar-refractivity contribution in [2.24, 2.45) is 5.10 Å². The molecular weight excluding hydrogens is 408 g/mol. The minimum Gasteiger partial charge on any atom is -0.493 e. The Morgan fingerprint density at radius 3 is 2.35 bits per heavy atom. The van der Waals surface area contributed by atoms with Crippen LogP contribution in [0.3, 0.4) is 0 Å². The van der Waals surface area contributed by atoms with Crippen LogP contribution in [0.4, 0.5) is 5.69 Å². The molecule has 0 bridgehead atoms. The maximum absolute atomic E-state index is 6.15. The van der Waals surface area contributed by atoms with Gasteiger partial charge in [0.25, 0.3) is 0 Å². The molecule has 4 nitrogen and oxygen atoms in total. The highest BCUT2D eigenvalue weighted by atomic mass is 35.5. The lowest BCUT2D eigenvalue weighted by molar-refractivity contribution is 0.284. The van der Waals surface area contributed by atoms with E-state index in [1.807, 2.05) is 43.3 Å². The van der Waals surface area contributed by atoms with Crippen molar-refractivity contribution in [3.05, 3.63) is 87.9 Å². The number of anilines is 1. The standard InChI is InChI=1S/C26H29ClN2O2/c1-18-6-12-22(15-23(18)27)29-28-16-20-9-13-24(25(14-20)30-5)31-17-19-7-10-21(11-8-19)26(2,3)4/h6-16,29H,17H2,1-5H3/b28-16+. The van der Waals surface area contributed by atoms with Gasteiger partial charge >= 0.3 is 0 Å². The Morgan fingerprint density at radius 2 is 1.71 bits per heavy atom. The summed E-state index contributed by atoms with van der Waals surface area (Å²) in [5.41, 5.74) is 8.30. The molecule has 1 N–H and O–H groups in total. The van der Waals surface area contributed by atoms with Gasteiger partial charge in [0.15, 0.2) is 11.5 Å². The van der Waals surface area contributed by atoms with Gasteiger partial charge in [0, 0.05) is 5.02 Å². The van der Waals surface area contributed by atoms with Gasteiger partial charge in [-0.15, -0.1) is 0 Å². The van der Waals surface area contributed by atoms with E-state index in [1.54, 1.807) is 13.3 Å². The first-order valence-corrected chi connectivity index (χ1v) is 10.6. The largest absolute Gasteiger partial charge is 0.493 e. The van der Waals surface area contributed by atoms with Gasteiger partial charge in [-0.1, -0.05) is 62.7 Å². The number of rotatable bonds is 7. The Morgan fingerprint density at radius 1 is 0.968 bits per heavy atom. The van der Waals surface area contributed by atoms with E-state index in [2.05, 4.69) is 55.6 Å². The van der Waals surface area contributed by atoms with Crippen LogP contribution in [0.25, 0.3) is 0 Å². The van der Waals surface area contributed by atoms with E-state index in [0.717, 1.165) is 22.4 Å². The number of nitrogens with zero attached hydrogens (tertiary/aromatic N) is 1. The average Bonchev–Trinajstić information content (AvgIpc) is 2.75. The summed E-state index contributed by atoms with van der Waals surface area (Å²) in [4.78, 5) is 0. The van der Waals surface area contributed by atoms with E-state index < -0.39 is 0 Å². The summed E-state index contributed by atoms with van der Waals surface area (Å²) in [6, 6.07) is 20.0. The van der Waals surface area contributed by atoms with Gasteiger partial charge in [-0.05, 0) is 64.9 Å². The third-order valence-electron chi connectivity index (χ3n) is 4.98. The molecule has 0 amide bonds. The highest BCUT2D eigenvalue weighted by Crippen LogP contribution is 2.29. The summed E-state index contributed by atoms with van der Waals surface area (Å²) < 4.78 is 11.5. The number of hydrazone groups is 1. The third kappa shape index (κ3) is 6.25. The third-order valence-corrected chi connectivity index (χ3v) is 5.39. The molecule has 0 fully saturated rings. The Hall–Kier alpha value is -2.98. The fourth-order valence-electron chi connectivity index (χ4n) is 2.99. The molecule has 3 aromatic carbocycles. The van der Waals surface area contributed by atoms with Crippen LogP contribution in [-0.4, -0.2) is 13.3 Å². The van der Waals surface area contributed by atoms with Gasteiger partial charge in [-0.2, -0.15) is 5.10 Å². The van der Waals surface area contributed by atoms with Gasteiger partial charge in [-0.25, -0.2) is 0 Å². The van der Waals surface area contributed by atoms with Crippen molar-refractivity contribution in [2.75, 3.05) is 12.5 Å². The van der Waals surface area contributed by atoms with Gasteiger partial charge in [0.2, 0.25) is 0 Å². The smallest absolute Gasteiger partial charge is 0.161 e. The molecule has 162 valence electrons. The summed E-state index contributed by atoms with van der Waals surface area (Å²) in [7, 11) is 1.63. The van der Waals surface area contributed by atoms with Crippen molar-refractivity contribution < 1.29 is 9.47 Å². The molecular formula is C26H29ClN2O2. The van der Waals surface area contributed by atoms with Crippen LogP contribution in [0.1, 0.15) is 43.0 Å². The summed E-state index contributed by atoms with van der Waals surface area (Å²) in [5, 5.41) is 4.98. The van der Waals surface area contributed by atoms with Crippen molar-refractivity contribution in [2.45, 2.75) is 39.7 Å². The van der Waals surface area contributed by atoms with E-state index >= 15 is 0 Å². The molecule has 0 spiro atoms. The molecule has 3 rings (SSSR count). The van der Waals surface area contributed by atoms with Crippen molar-refractivity contribution in [3.63, 3.8) is 0 Å². The second kappa shape index (κ2) is 9.88. The Labute approximate surface area is 189 Å². The first-order valence-electron chi connectivity index (χ1n) is 10.2. The van der Waals surface area contributed by atoms with E-state index in [4.69, 9.17) is 21.1 Å². The first-order chi connectivity index (χ1) is 14.8. The van der Waals surface area contributed by atoms with Crippen LogP contribution in [0.2, 0.25) is 5.02 Å². The van der Waals surface area contributed by atoms with Crippen LogP contribution in [-0.2, 0) is 12.0 Å². The number of halogens is 1. The molecule has 0 aromatic heterocycles. The molecule has 0 aliphatic rings. The van der Waals surface area contributed by atoms with Crippen LogP contribution in [0.15, 0.2) is 65.8 Å². The SMILES string of the molecule is COc1cc(/C=N/Nc2ccc(C)c(Cl)c2)ccc1OCc1ccc(C(C)(C)C)cc1. The zero-order valence-electron chi connectivity index (χ0n) is 18.7. The number of ether oxygens (including phenoxy) is 2. The van der Waals surface area contributed by atoms with Gasteiger partial charge in [0.1, 0.15) is 6.61 Å². The average molecular weight is 437 g/mol. The quantitative estimate of drug-likeness (QED) is 0.321. The molecule has 0 heterocycles. The maximum Gasteiger partial charge on any atom is 0.161 e. The number of benzene rings is 3. The van der Waals surface area contributed by atoms with Crippen LogP contribution in [0, 0.1) is 6.92 Å². The van der Waals surface area contributed by atoms with E-state index in [9.17, 15) is 0 Å². The summed E-state index contributed by atoms with van der Waals surface area (Å²) >= 11 is 6.15. The fraction of sp³-hybridized carbons (Fsp3) is 0.269. The maximum atomic E-state index is 6.15. The lowest BCUT2D eigenvalue weighted by Gasteiger charge is -2.19. The van der Waals surface area contributed by atoms with Crippen molar-refractivity contribution >= 4 is 23.5 Å². The van der Waals surface area contributed by atoms with Crippen molar-refractivity contribution in [1.82, 2.24) is 0 Å². The zero-order chi connectivity index (χ0) is 22.4. The monoisotopic (exact) mass is 436 g/mol. The van der Waals surface area contributed by atoms with Gasteiger partial charge < -0.3 is 9.47 Å². The second-order valence-corrected chi connectivity index (χ2v) is 8.89. The molecule has 0 radical (unpaired) electrons. The molecule has 5 heteroatoms. The normalized spacial score (nSPS) is 11.5. The number of nitrogens with one attached hydrogen (secondary N) is 1. The lowest BCUT2D eigenvalue weighted by atomic mass is 9.87. The van der Waals surface area contributed by atoms with E-state index in [-0.39, 0.29) is 5.41 Å². The molecule has 0 unspecified atom stereocenters. The molecule has 0 saturated carbocycles. The molecule has 0 aliphatic heterocycles. The Bertz CT molecular complexity index is 1050. The lowest BCUT2D eigenvalue weighted by Crippen LogP contribution is -2.10. The summed E-state index contributed by atoms with van der Waals surface area (Å²) in [6.45, 7) is 9.06. The highest BCUT2D eigenvalue weighted by Gasteiger charge is 2.13. The van der Waals surface area contributed by atoms with Crippen LogP contribution >= 0.6 is 11.6 Å². The summed E-state index contributed by atoms with van der Waals surface area (Å²) in [6.07, 6.45) is 1.73. The zero-order valence-corrected chi connectivity index (χ0v) is 19.5. The minimum atomic E-state index is 0.139. The van der Waals surface area contributed by atoms with Crippen molar-refractivity contribution in [1.29, 1.82) is 0 Å². The van der Waals surface area contributed by atoms with Crippen LogP contribution < -0.4 is 14.9 Å². The predicted molar refractivity (Wildman–Crippen MR) is 130 cm³/mol. The van der Waals surface area contributed by atoms with Crippen LogP contribution in [0.5, 0.6) is 11.5 Å². The molecule has 31 heavy (non-hydrogen) atoms. The van der Waals surface area contributed by atoms with Gasteiger partial charge in [-0.3, -0.25) is 5.43 Å². The molecule has 0 atom stereocenters. The van der Waals surface area contributed by atoms with Crippen molar-refractivity contribution in [3.8, 4) is 11.5 Å². The minimum absolute atomic E-state index is 0.139. The highest BCUT2D eigenvalue weighted by molar-refractivity contribution is 6.31. The number of methoxy groups -OCH3 is 1. The number of hydrogen-bond acceptors (Lipinski definition) is 4. The number of aryl methyl sites for hydroxylation is 1. The topological polar surface area (TPSA) is 42.8 Å². The second-order valence-electron chi connectivity index (χ2n) is 8.48. The fourth-order valence-corrected chi connectivity index (χ4v) is 3.17. The first kappa shape index (κ1) is 22.7. The Kier molecular flexibility index (Phi) is 7.24. The predicted octanol–water partition coefficient (Wildman–Crippen LogP) is 6.98. The number of hydrogen-bond donors (Lipinski definition) is 1. The Balaban J connectivity index is 1.63. The molecule has 3 aromatic rings.